The molecule has 1 aromatic carbocycles. The molecule has 7 heteroatoms. The molecule has 28 heavy (non-hydrogen) atoms. The van der Waals surface area contributed by atoms with Crippen LogP contribution in [-0.4, -0.2) is 45.6 Å². The predicted molar refractivity (Wildman–Crippen MR) is 112 cm³/mol. The van der Waals surface area contributed by atoms with E-state index in [4.69, 9.17) is 0 Å². The fourth-order valence-corrected chi connectivity index (χ4v) is 4.59. The lowest BCUT2D eigenvalue weighted by atomic mass is 9.94. The summed E-state index contributed by atoms with van der Waals surface area (Å²) in [7, 11) is 0. The van der Waals surface area contributed by atoms with Crippen molar-refractivity contribution >= 4 is 22.4 Å². The second kappa shape index (κ2) is 8.67. The van der Waals surface area contributed by atoms with E-state index in [0.717, 1.165) is 37.2 Å². The summed E-state index contributed by atoms with van der Waals surface area (Å²) in [5.74, 6) is 0.529. The average Bonchev–Trinajstić information content (AvgIpc) is 3.35. The molecule has 4 rings (SSSR count). The van der Waals surface area contributed by atoms with Gasteiger partial charge in [0.25, 0.3) is 0 Å². The molecule has 0 unspecified atom stereocenters. The van der Waals surface area contributed by atoms with Gasteiger partial charge >= 0.3 is 0 Å². The van der Waals surface area contributed by atoms with Crippen LogP contribution >= 0.6 is 11.3 Å². The largest absolute Gasteiger partial charge is 0.301 e. The number of anilines is 1. The number of rotatable bonds is 6. The Bertz CT molecular complexity index is 913. The van der Waals surface area contributed by atoms with E-state index in [-0.39, 0.29) is 5.91 Å². The predicted octanol–water partition coefficient (Wildman–Crippen LogP) is 3.58. The van der Waals surface area contributed by atoms with Gasteiger partial charge in [0, 0.05) is 35.3 Å². The van der Waals surface area contributed by atoms with Gasteiger partial charge in [-0.2, -0.15) is 5.10 Å². The van der Waals surface area contributed by atoms with Crippen LogP contribution in [0.2, 0.25) is 0 Å². The summed E-state index contributed by atoms with van der Waals surface area (Å²) in [6.45, 7) is 4.36. The molecule has 3 heterocycles. The summed E-state index contributed by atoms with van der Waals surface area (Å²) in [6.07, 6.45) is 6.60. The van der Waals surface area contributed by atoms with Crippen molar-refractivity contribution in [3.8, 4) is 0 Å². The van der Waals surface area contributed by atoms with E-state index in [1.54, 1.807) is 17.5 Å². The van der Waals surface area contributed by atoms with Crippen LogP contribution in [0, 0.1) is 6.92 Å². The maximum Gasteiger partial charge on any atom is 0.240 e. The zero-order chi connectivity index (χ0) is 19.3. The first kappa shape index (κ1) is 18.8. The molecular formula is C21H25N5OS. The lowest BCUT2D eigenvalue weighted by Crippen LogP contribution is -2.38. The van der Waals surface area contributed by atoms with Crippen molar-refractivity contribution in [3.05, 3.63) is 64.4 Å². The summed E-state index contributed by atoms with van der Waals surface area (Å²) in [4.78, 5) is 20.1. The first-order valence-corrected chi connectivity index (χ1v) is 10.5. The summed E-state index contributed by atoms with van der Waals surface area (Å²) in [5, 5.41) is 10.7. The smallest absolute Gasteiger partial charge is 0.240 e. The number of thiazole rings is 1. The van der Waals surface area contributed by atoms with Gasteiger partial charge in [-0.1, -0.05) is 29.8 Å². The molecule has 146 valence electrons. The summed E-state index contributed by atoms with van der Waals surface area (Å²) < 4.78 is 0. The minimum Gasteiger partial charge on any atom is -0.301 e. The number of hydrogen-bond donors (Lipinski definition) is 2. The molecule has 1 saturated heterocycles. The molecule has 0 spiro atoms. The Balaban J connectivity index is 1.25. The standard InChI is InChI=1S/C21H25N5OS/c1-15-3-2-4-16(11-15)12-18-13-22-21(28-18)24-20(27)14-26-9-6-17(7-10-26)19-5-8-23-25-19/h2-5,8,11,13,17H,6-7,9-10,12,14H2,1H3,(H,23,25)(H,22,24,27). The maximum absolute atomic E-state index is 12.4. The molecular weight excluding hydrogens is 370 g/mol. The lowest BCUT2D eigenvalue weighted by Gasteiger charge is -2.30. The number of aryl methyl sites for hydroxylation is 1. The number of likely N-dealkylation sites (tertiary alicyclic amines) is 1. The number of hydrogen-bond acceptors (Lipinski definition) is 5. The van der Waals surface area contributed by atoms with Crippen LogP contribution in [0.1, 0.15) is 40.5 Å². The van der Waals surface area contributed by atoms with Crippen LogP contribution in [0.25, 0.3) is 0 Å². The number of amides is 1. The lowest BCUT2D eigenvalue weighted by molar-refractivity contribution is -0.117. The summed E-state index contributed by atoms with van der Waals surface area (Å²) >= 11 is 1.55. The Hall–Kier alpha value is -2.51. The highest BCUT2D eigenvalue weighted by Crippen LogP contribution is 2.26. The van der Waals surface area contributed by atoms with E-state index < -0.39 is 0 Å². The zero-order valence-corrected chi connectivity index (χ0v) is 16.8. The molecule has 0 atom stereocenters. The Morgan fingerprint density at radius 1 is 1.32 bits per heavy atom. The number of H-pyrrole nitrogens is 1. The van der Waals surface area contributed by atoms with E-state index in [1.807, 2.05) is 12.3 Å². The average molecular weight is 396 g/mol. The Morgan fingerprint density at radius 2 is 2.18 bits per heavy atom. The molecule has 0 bridgehead atoms. The van der Waals surface area contributed by atoms with E-state index in [1.165, 1.54) is 16.8 Å². The van der Waals surface area contributed by atoms with Gasteiger partial charge in [0.15, 0.2) is 5.13 Å². The van der Waals surface area contributed by atoms with Gasteiger partial charge in [-0.25, -0.2) is 4.98 Å². The second-order valence-corrected chi connectivity index (χ2v) is 8.52. The molecule has 1 amide bonds. The van der Waals surface area contributed by atoms with Crippen LogP contribution < -0.4 is 5.32 Å². The molecule has 2 aromatic heterocycles. The Morgan fingerprint density at radius 3 is 2.93 bits per heavy atom. The van der Waals surface area contributed by atoms with E-state index in [2.05, 4.69) is 56.6 Å². The van der Waals surface area contributed by atoms with Gasteiger partial charge in [-0.15, -0.1) is 11.3 Å². The SMILES string of the molecule is Cc1cccc(Cc2cnc(NC(=O)CN3CCC(c4ccn[nH]4)CC3)s2)c1. The fourth-order valence-electron chi connectivity index (χ4n) is 3.73. The van der Waals surface area contributed by atoms with Crippen molar-refractivity contribution in [1.82, 2.24) is 20.1 Å². The topological polar surface area (TPSA) is 73.9 Å². The highest BCUT2D eigenvalue weighted by molar-refractivity contribution is 7.15. The third kappa shape index (κ3) is 4.85. The molecule has 2 N–H and O–H groups in total. The summed E-state index contributed by atoms with van der Waals surface area (Å²) in [5.41, 5.74) is 3.72. The molecule has 0 saturated carbocycles. The van der Waals surface area contributed by atoms with Crippen molar-refractivity contribution < 1.29 is 4.79 Å². The van der Waals surface area contributed by atoms with Crippen LogP contribution in [0.5, 0.6) is 0 Å². The van der Waals surface area contributed by atoms with Gasteiger partial charge in [0.1, 0.15) is 0 Å². The van der Waals surface area contributed by atoms with Crippen molar-refractivity contribution in [2.75, 3.05) is 25.0 Å². The van der Waals surface area contributed by atoms with Crippen LogP contribution in [-0.2, 0) is 11.2 Å². The van der Waals surface area contributed by atoms with E-state index in [0.29, 0.717) is 17.6 Å². The molecule has 3 aromatic rings. The number of aromatic nitrogens is 3. The number of nitrogens with one attached hydrogen (secondary N) is 2. The summed E-state index contributed by atoms with van der Waals surface area (Å²) in [6, 6.07) is 10.5. The van der Waals surface area contributed by atoms with Crippen molar-refractivity contribution in [2.45, 2.75) is 32.1 Å². The maximum atomic E-state index is 12.4. The first-order valence-electron chi connectivity index (χ1n) is 9.67. The van der Waals surface area contributed by atoms with Gasteiger partial charge in [0.2, 0.25) is 5.91 Å². The minimum atomic E-state index is 0.0106. The zero-order valence-electron chi connectivity index (χ0n) is 16.0. The number of aromatic amines is 1. The highest BCUT2D eigenvalue weighted by atomic mass is 32.1. The number of nitrogens with zero attached hydrogens (tertiary/aromatic N) is 3. The molecule has 6 nitrogen and oxygen atoms in total. The van der Waals surface area contributed by atoms with Crippen LogP contribution in [0.15, 0.2) is 42.7 Å². The first-order chi connectivity index (χ1) is 13.7. The monoisotopic (exact) mass is 395 g/mol. The number of benzene rings is 1. The van der Waals surface area contributed by atoms with E-state index >= 15 is 0 Å². The molecule has 1 aliphatic rings. The molecule has 0 radical (unpaired) electrons. The fraction of sp³-hybridized carbons (Fsp3) is 0.381. The highest BCUT2D eigenvalue weighted by Gasteiger charge is 2.23. The molecule has 1 fully saturated rings. The second-order valence-electron chi connectivity index (χ2n) is 7.41. The minimum absolute atomic E-state index is 0.0106. The van der Waals surface area contributed by atoms with Gasteiger partial charge in [-0.3, -0.25) is 14.8 Å². The number of carbonyl (C=O) groups excluding carboxylic acids is 1. The third-order valence-electron chi connectivity index (χ3n) is 5.18. The third-order valence-corrected chi connectivity index (χ3v) is 6.09. The quantitative estimate of drug-likeness (QED) is 0.669. The number of piperidine rings is 1. The Kier molecular flexibility index (Phi) is 5.83. The normalized spacial score (nSPS) is 15.6. The van der Waals surface area contributed by atoms with Crippen molar-refractivity contribution in [3.63, 3.8) is 0 Å². The van der Waals surface area contributed by atoms with Gasteiger partial charge in [0.05, 0.1) is 6.54 Å². The van der Waals surface area contributed by atoms with Crippen molar-refractivity contribution in [2.24, 2.45) is 0 Å². The van der Waals surface area contributed by atoms with Gasteiger partial charge < -0.3 is 5.32 Å². The van der Waals surface area contributed by atoms with Crippen molar-refractivity contribution in [1.29, 1.82) is 0 Å². The van der Waals surface area contributed by atoms with Crippen LogP contribution in [0.4, 0.5) is 5.13 Å². The Labute approximate surface area is 169 Å². The van der Waals surface area contributed by atoms with E-state index in [9.17, 15) is 4.79 Å². The van der Waals surface area contributed by atoms with Crippen LogP contribution in [0.3, 0.4) is 0 Å². The van der Waals surface area contributed by atoms with Gasteiger partial charge in [-0.05, 0) is 44.5 Å². The molecule has 1 aliphatic heterocycles. The molecule has 0 aliphatic carbocycles. The number of carbonyl (C=O) groups is 1.